The van der Waals surface area contributed by atoms with Gasteiger partial charge in [0.1, 0.15) is 0 Å². The van der Waals surface area contributed by atoms with Crippen molar-refractivity contribution < 1.29 is 35.3 Å². The summed E-state index contributed by atoms with van der Waals surface area (Å²) in [5, 5.41) is 35.6. The Hall–Kier alpha value is -0.981. The van der Waals surface area contributed by atoms with Gasteiger partial charge < -0.3 is 26.7 Å². The fourth-order valence-corrected chi connectivity index (χ4v) is 9.34. The number of halogens is 9. The van der Waals surface area contributed by atoms with Crippen LogP contribution >= 0.6 is 184 Å². The van der Waals surface area contributed by atoms with Crippen molar-refractivity contribution in [3.8, 4) is 12.1 Å². The molecule has 489 valence electrons. The number of benzene rings is 8. The van der Waals surface area contributed by atoms with Crippen LogP contribution in [0.2, 0.25) is 0 Å². The zero-order valence-corrected chi connectivity index (χ0v) is 74.8. The van der Waals surface area contributed by atoms with Crippen molar-refractivity contribution in [1.82, 2.24) is 5.32 Å². The summed E-state index contributed by atoms with van der Waals surface area (Å²) in [6.07, 6.45) is 10.1. The summed E-state index contributed by atoms with van der Waals surface area (Å²) in [5.41, 5.74) is 26.2. The molecule has 1 amide bonds. The number of amides is 1. The van der Waals surface area contributed by atoms with Gasteiger partial charge in [-0.25, -0.2) is 11.4 Å². The number of carboxylic acid groups (broad SMARTS) is 1. The van der Waals surface area contributed by atoms with Crippen LogP contribution in [-0.4, -0.2) is 54.4 Å². The summed E-state index contributed by atoms with van der Waals surface area (Å²) in [6, 6.07) is 55.3. The first-order chi connectivity index (χ1) is 43.3. The minimum atomic E-state index is -1.06. The summed E-state index contributed by atoms with van der Waals surface area (Å²) in [5.74, 6) is -0.716. The molecule has 6 N–H and O–H groups in total. The molecule has 0 bridgehead atoms. The van der Waals surface area contributed by atoms with E-state index in [1.165, 1.54) is 101 Å². The van der Waals surface area contributed by atoms with Gasteiger partial charge in [-0.1, -0.05) is 196 Å². The molecule has 0 aromatic heterocycles. The Morgan fingerprint density at radius 1 is 0.648 bits per heavy atom. The Morgan fingerprint density at radius 3 is 1.45 bits per heavy atom. The number of ketones is 1. The molecule has 0 spiro atoms. The molecule has 10 rings (SSSR count). The van der Waals surface area contributed by atoms with Crippen molar-refractivity contribution in [2.24, 2.45) is 11.5 Å². The van der Waals surface area contributed by atoms with Gasteiger partial charge in [0.25, 0.3) is 0 Å². The van der Waals surface area contributed by atoms with Crippen molar-refractivity contribution in [2.75, 3.05) is 31.6 Å². The van der Waals surface area contributed by atoms with E-state index >= 15 is 0 Å². The Bertz CT molecular complexity index is 3640. The number of carbonyl (C=O) groups excluding carboxylic acids is 2. The van der Waals surface area contributed by atoms with Gasteiger partial charge in [-0.05, 0) is 169 Å². The number of nitriles is 2. The zero-order chi connectivity index (χ0) is 68.0. The third-order valence-corrected chi connectivity index (χ3v) is 13.2. The standard InChI is InChI=1S/C15H17NO.C13H15N.C13H13N.C13H11N.C11H12O.C3H3NO2.CH3I.CH5N.I2.6HI.2V.H2/c1-11-6-7-13-4-3-5-14(15(13)10-11)8-9-16-12(2)17;3*1-10-5-6-11-3-2-4-12(7-8-14)13(11)9-10;1-8-5-6-9-3-2-4-11(12)10(9)7-8;1-4-2-3(5)6;3*1-2;;;;;;;;;/h3-7,10H,8-9H2,1-2H3,(H,16,17);2-6,9H,7-8,14H2,1H3;4-6,9H,2-3,7H2,1H3;2-6,9H,7H2,1H3;5-7H,2-4H2,1H3;2H2,(H,5,6);1H3;2H2,1H3;;6*1H;;;1H/q;;;;;;;;;;;;;;;+2;+3;/p-5. The number of rotatable bonds is 8. The molecule has 91 heavy (non-hydrogen) atoms. The van der Waals surface area contributed by atoms with Crippen LogP contribution < -0.4 is 16.8 Å². The Balaban J connectivity index is -0.00000100. The number of nitrogens with zero attached hydrogens (tertiary/aromatic N) is 3. The fourth-order valence-electron chi connectivity index (χ4n) is 9.34. The van der Waals surface area contributed by atoms with Crippen molar-refractivity contribution in [3.05, 3.63) is 230 Å². The van der Waals surface area contributed by atoms with Gasteiger partial charge in [0, 0.05) is 64.1 Å². The average Bonchev–Trinajstić information content (AvgIpc) is 1.25. The molecule has 2 aliphatic rings. The summed E-state index contributed by atoms with van der Waals surface area (Å²) in [4.78, 5) is 35.9. The first kappa shape index (κ1) is 92.1. The molecule has 10 nitrogen and oxygen atoms in total. The molecule has 0 unspecified atom stereocenters. The van der Waals surface area contributed by atoms with Gasteiger partial charge in [-0.2, -0.15) is 10.5 Å². The first-order valence-corrected chi connectivity index (χ1v) is 59.2. The molecule has 2 aliphatic carbocycles. The van der Waals surface area contributed by atoms with E-state index in [4.69, 9.17) is 27.9 Å². The van der Waals surface area contributed by atoms with E-state index in [1.807, 2.05) is 30.1 Å². The van der Waals surface area contributed by atoms with Crippen LogP contribution in [-0.2, 0) is 56.1 Å². The van der Waals surface area contributed by atoms with Crippen molar-refractivity contribution >= 4 is 239 Å². The van der Waals surface area contributed by atoms with Gasteiger partial charge in [-0.3, -0.25) is 9.59 Å². The normalized spacial score (nSPS) is 10.6. The third-order valence-electron chi connectivity index (χ3n) is 13.2. The number of nitrogens with one attached hydrogen (secondary N) is 1. The van der Waals surface area contributed by atoms with E-state index in [-0.39, 0.29) is 36.2 Å². The fraction of sp³-hybridized carbons (Fsp3) is 0.286. The molecule has 0 saturated heterocycles. The number of alkyl halides is 1. The number of allylic oxidation sites excluding steroid dienone is 2. The van der Waals surface area contributed by atoms with E-state index in [1.54, 1.807) is 6.92 Å². The molecule has 0 heterocycles. The van der Waals surface area contributed by atoms with E-state index in [9.17, 15) is 14.4 Å². The zero-order valence-electron chi connectivity index (χ0n) is 52.4. The summed E-state index contributed by atoms with van der Waals surface area (Å²) in [6.45, 7) is 18.9. The maximum atomic E-state index is 11.4. The van der Waals surface area contributed by atoms with E-state index < -0.39 is 12.5 Å². The summed E-state index contributed by atoms with van der Waals surface area (Å²) >= 11 is 18.5. The molecule has 0 atom stereocenters. The number of Topliss-reactive ketones (excluding diaryl/α,β-unsaturated/α-hetero) is 1. The quantitative estimate of drug-likeness (QED) is 0.0657. The van der Waals surface area contributed by atoms with E-state index in [0.717, 1.165) is 56.1 Å². The second kappa shape index (κ2) is 57.0. The van der Waals surface area contributed by atoms with Gasteiger partial charge >= 0.3 is 127 Å². The molecular formula is C70H82I9N6O4V2. The van der Waals surface area contributed by atoms with Crippen molar-refractivity contribution in [1.29, 1.82) is 10.5 Å². The van der Waals surface area contributed by atoms with Gasteiger partial charge in [0.05, 0.1) is 25.0 Å². The van der Waals surface area contributed by atoms with Crippen LogP contribution in [0.4, 0.5) is 0 Å². The van der Waals surface area contributed by atoms with E-state index in [0.29, 0.717) is 41.2 Å². The number of aryl methyl sites for hydroxylation is 7. The van der Waals surface area contributed by atoms with Gasteiger partial charge in [-0.15, -0.1) is 24.0 Å². The van der Waals surface area contributed by atoms with Gasteiger partial charge in [0.2, 0.25) is 5.91 Å². The van der Waals surface area contributed by atoms with Crippen molar-refractivity contribution in [3.63, 3.8) is 0 Å². The van der Waals surface area contributed by atoms with E-state index in [2.05, 4.69) is 349 Å². The van der Waals surface area contributed by atoms with Crippen LogP contribution in [0.5, 0.6) is 0 Å². The number of carboxylic acids is 1. The number of hydrogen-bond donors (Lipinski definition) is 4. The molecule has 8 aromatic carbocycles. The Morgan fingerprint density at radius 2 is 1.04 bits per heavy atom. The molecule has 8 aromatic rings. The topological polar surface area (TPSA) is 187 Å². The van der Waals surface area contributed by atoms with Crippen molar-refractivity contribution in [2.45, 2.75) is 99.3 Å². The van der Waals surface area contributed by atoms with Crippen LogP contribution in [0.15, 0.2) is 152 Å². The average molecular weight is 2320 g/mol. The van der Waals surface area contributed by atoms with Crippen LogP contribution in [0, 0.1) is 63.9 Å². The van der Waals surface area contributed by atoms with Crippen LogP contribution in [0.3, 0.4) is 0 Å². The van der Waals surface area contributed by atoms with Crippen LogP contribution in [0.25, 0.3) is 42.7 Å². The molecule has 0 fully saturated rings. The molecule has 0 saturated carbocycles. The second-order valence-corrected chi connectivity index (χ2v) is 66.9. The summed E-state index contributed by atoms with van der Waals surface area (Å²) < 4.78 is 0. The van der Waals surface area contributed by atoms with Crippen LogP contribution in [0.1, 0.15) is 106 Å². The number of hydrogen-bond acceptors (Lipinski definition) is 7. The number of carbonyl (C=O) groups is 3. The number of fused-ring (bicyclic) bond motifs is 5. The molecule has 21 heteroatoms. The van der Waals surface area contributed by atoms with Gasteiger partial charge in [0.15, 0.2) is 5.78 Å². The monoisotopic (exact) mass is 2310 g/mol. The number of nitrogens with two attached hydrogens (primary N) is 2. The maximum absolute atomic E-state index is 11.4. The second-order valence-electron chi connectivity index (χ2n) is 19.7. The first-order valence-electron chi connectivity index (χ1n) is 28.2. The predicted molar refractivity (Wildman–Crippen MR) is 462 cm³/mol. The Labute approximate surface area is 664 Å². The minimum absolute atomic E-state index is 0. The SMILES string of the molecule is CC(=O)NCCc1cccc2ccc(C)cc12.CI.CN.Cc1ccc2c(c1)C(=O)CCC2.Cc1ccc2c(c1)C(CC#N)=CCC2.Cc1ccc2cccc(CC#N)c2c1.Cc1ccc2cccc(CCN)c2c1.I.II.[C-]#[N+]CC(=O)O.[HH].[I][V]([I])[I].[I][V][I]. The number of aliphatic carboxylic acids is 1. The molecule has 0 aliphatic heterocycles. The molecule has 0 radical (unpaired) electrons. The molecular weight excluding hydrogens is 2230 g/mol. The summed E-state index contributed by atoms with van der Waals surface area (Å²) in [7, 11) is 2.13. The Kier molecular flexibility index (Phi) is 57.7. The predicted octanol–water partition coefficient (Wildman–Crippen LogP) is 22.1. The third kappa shape index (κ3) is 38.7.